The zero-order chi connectivity index (χ0) is 51.7. The van der Waals surface area contributed by atoms with Gasteiger partial charge >= 0.3 is 24.2 Å². The second kappa shape index (κ2) is 25.8. The SMILES string of the molecule is CC(C)(C)OC(=O)NCCCCN(C(=O)OCC1c2ccccc2-c2ccccc21)C(C(=O)O)C(C(=O)Nc1ccc(C2CCCCC2)cc1)N(CCCCN)C(=O)Nc1ccc(C=Cc2ccccc2)cc1. The van der Waals surface area contributed by atoms with Gasteiger partial charge in [-0.05, 0) is 135 Å². The van der Waals surface area contributed by atoms with Crippen LogP contribution in [0, 0.1) is 0 Å². The average Bonchev–Trinajstić information content (AvgIpc) is 3.71. The molecule has 5 aromatic rings. The molecule has 0 aromatic heterocycles. The van der Waals surface area contributed by atoms with Gasteiger partial charge in [-0.2, -0.15) is 0 Å². The Morgan fingerprint density at radius 1 is 0.671 bits per heavy atom. The summed E-state index contributed by atoms with van der Waals surface area (Å²) in [5.74, 6) is -2.29. The van der Waals surface area contributed by atoms with Crippen molar-refractivity contribution in [1.82, 2.24) is 15.1 Å². The number of rotatable bonds is 21. The number of aliphatic carboxylic acids is 1. The van der Waals surface area contributed by atoms with Gasteiger partial charge in [-0.3, -0.25) is 9.69 Å². The number of fused-ring (bicyclic) bond motifs is 3. The Hall–Kier alpha value is -7.45. The van der Waals surface area contributed by atoms with E-state index in [0.29, 0.717) is 36.6 Å². The van der Waals surface area contributed by atoms with Crippen LogP contribution in [0.3, 0.4) is 0 Å². The fourth-order valence-corrected chi connectivity index (χ4v) is 9.74. The number of nitrogens with zero attached hydrogens (tertiary/aromatic N) is 2. The second-order valence-electron chi connectivity index (χ2n) is 19.8. The molecule has 2 unspecified atom stereocenters. The van der Waals surface area contributed by atoms with E-state index in [9.17, 15) is 24.3 Å². The third kappa shape index (κ3) is 14.8. The maximum atomic E-state index is 15.2. The van der Waals surface area contributed by atoms with Gasteiger partial charge in [0, 0.05) is 36.9 Å². The third-order valence-corrected chi connectivity index (χ3v) is 13.4. The van der Waals surface area contributed by atoms with Crippen molar-refractivity contribution in [3.8, 4) is 11.1 Å². The number of nitrogens with one attached hydrogen (secondary N) is 3. The summed E-state index contributed by atoms with van der Waals surface area (Å²) in [5.41, 5.74) is 13.0. The molecule has 2 aliphatic rings. The number of alkyl carbamates (subject to hydrolysis) is 1. The number of carbonyl (C=O) groups is 5. The Kier molecular flexibility index (Phi) is 18.8. The van der Waals surface area contributed by atoms with Crippen molar-refractivity contribution in [3.63, 3.8) is 0 Å². The molecular weight excluding hydrogens is 921 g/mol. The van der Waals surface area contributed by atoms with Crippen LogP contribution in [0.2, 0.25) is 0 Å². The number of nitrogens with two attached hydrogens (primary N) is 1. The highest BCUT2D eigenvalue weighted by Gasteiger charge is 2.46. The molecule has 1 fully saturated rings. The molecule has 5 aromatic carbocycles. The van der Waals surface area contributed by atoms with E-state index in [0.717, 1.165) is 69.5 Å². The van der Waals surface area contributed by atoms with Crippen LogP contribution in [-0.4, -0.2) is 95.5 Å². The van der Waals surface area contributed by atoms with Gasteiger partial charge in [0.1, 0.15) is 18.2 Å². The van der Waals surface area contributed by atoms with Gasteiger partial charge < -0.3 is 41.2 Å². The minimum Gasteiger partial charge on any atom is -0.480 e. The van der Waals surface area contributed by atoms with Crippen LogP contribution in [0.5, 0.6) is 0 Å². The van der Waals surface area contributed by atoms with E-state index >= 15 is 4.79 Å². The van der Waals surface area contributed by atoms with Crippen molar-refractivity contribution in [2.24, 2.45) is 5.73 Å². The number of urea groups is 1. The molecule has 384 valence electrons. The molecule has 2 aliphatic carbocycles. The summed E-state index contributed by atoms with van der Waals surface area (Å²) in [6.45, 7) is 5.28. The lowest BCUT2D eigenvalue weighted by molar-refractivity contribution is -0.147. The van der Waals surface area contributed by atoms with Crippen LogP contribution in [0.15, 0.2) is 127 Å². The van der Waals surface area contributed by atoms with Crippen molar-refractivity contribution >= 4 is 53.6 Å². The Bertz CT molecular complexity index is 2620. The van der Waals surface area contributed by atoms with E-state index in [1.807, 2.05) is 115 Å². The van der Waals surface area contributed by atoms with E-state index < -0.39 is 47.8 Å². The fourth-order valence-electron chi connectivity index (χ4n) is 9.74. The normalized spacial score (nSPS) is 14.3. The van der Waals surface area contributed by atoms with E-state index in [4.69, 9.17) is 15.2 Å². The summed E-state index contributed by atoms with van der Waals surface area (Å²) in [6.07, 6.45) is 9.27. The summed E-state index contributed by atoms with van der Waals surface area (Å²) in [5, 5.41) is 20.0. The van der Waals surface area contributed by atoms with Crippen LogP contribution < -0.4 is 21.7 Å². The predicted octanol–water partition coefficient (Wildman–Crippen LogP) is 11.5. The Morgan fingerprint density at radius 3 is 1.85 bits per heavy atom. The molecule has 73 heavy (non-hydrogen) atoms. The number of carbonyl (C=O) groups excluding carboxylic acids is 4. The maximum Gasteiger partial charge on any atom is 0.410 e. The number of ether oxygens (including phenoxy) is 2. The van der Waals surface area contributed by atoms with Gasteiger partial charge in [-0.25, -0.2) is 19.2 Å². The number of hydrogen-bond donors (Lipinski definition) is 5. The molecule has 0 bridgehead atoms. The van der Waals surface area contributed by atoms with Crippen LogP contribution in [-0.2, 0) is 19.1 Å². The molecule has 14 nitrogen and oxygen atoms in total. The average molecular weight is 991 g/mol. The standard InChI is InChI=1S/C59H70N6O8/c1-59(2,3)73-57(70)61-37-15-17-39-65(58(71)72-40-51-49-24-12-10-22-47(49)48-23-11-13-25-50(48)51)53(55(67)68)52(54(66)62-45-34-30-44(31-35-45)43-20-8-5-9-21-43)64(38-16-14-36-60)56(69)63-46-32-28-42(29-33-46)27-26-41-18-6-4-7-19-41/h4,6-7,10-13,18-19,22-35,43,51-53H,5,8-9,14-17,20-21,36-40,60H2,1-3H3,(H,61,70)(H,62,66)(H,63,69)(H,67,68). The lowest BCUT2D eigenvalue weighted by atomic mass is 9.84. The smallest absolute Gasteiger partial charge is 0.410 e. The number of anilines is 2. The van der Waals surface area contributed by atoms with Gasteiger partial charge in [-0.15, -0.1) is 0 Å². The molecule has 0 spiro atoms. The lowest BCUT2D eigenvalue weighted by Gasteiger charge is -2.39. The molecular formula is C59H70N6O8. The highest BCUT2D eigenvalue weighted by atomic mass is 16.6. The quantitative estimate of drug-likeness (QED) is 0.0351. The maximum absolute atomic E-state index is 15.2. The third-order valence-electron chi connectivity index (χ3n) is 13.4. The van der Waals surface area contributed by atoms with Crippen LogP contribution in [0.4, 0.5) is 25.8 Å². The molecule has 0 heterocycles. The lowest BCUT2D eigenvalue weighted by Crippen LogP contribution is -2.63. The number of hydrogen-bond acceptors (Lipinski definition) is 8. The van der Waals surface area contributed by atoms with Crippen LogP contribution in [0.25, 0.3) is 23.3 Å². The first-order valence-corrected chi connectivity index (χ1v) is 25.6. The van der Waals surface area contributed by atoms with E-state index in [-0.39, 0.29) is 45.1 Å². The molecule has 5 amide bonds. The van der Waals surface area contributed by atoms with Crippen molar-refractivity contribution < 1.29 is 38.6 Å². The first-order chi connectivity index (χ1) is 35.3. The summed E-state index contributed by atoms with van der Waals surface area (Å²) in [7, 11) is 0. The van der Waals surface area contributed by atoms with Crippen molar-refractivity contribution in [2.75, 3.05) is 43.4 Å². The molecule has 0 aliphatic heterocycles. The molecule has 0 radical (unpaired) electrons. The second-order valence-corrected chi connectivity index (χ2v) is 19.8. The van der Waals surface area contributed by atoms with Gasteiger partial charge in [-0.1, -0.05) is 135 Å². The van der Waals surface area contributed by atoms with Crippen LogP contribution >= 0.6 is 0 Å². The molecule has 6 N–H and O–H groups in total. The van der Waals surface area contributed by atoms with Crippen molar-refractivity contribution in [2.45, 2.75) is 108 Å². The van der Waals surface area contributed by atoms with Crippen molar-refractivity contribution in [3.05, 3.63) is 155 Å². The van der Waals surface area contributed by atoms with E-state index in [1.165, 1.54) is 11.3 Å². The molecule has 0 saturated heterocycles. The number of amides is 5. The highest BCUT2D eigenvalue weighted by molar-refractivity contribution is 6.03. The number of carboxylic acid groups (broad SMARTS) is 1. The van der Waals surface area contributed by atoms with Crippen LogP contribution in [0.1, 0.15) is 118 Å². The monoisotopic (exact) mass is 991 g/mol. The molecule has 2 atom stereocenters. The first kappa shape index (κ1) is 53.4. The van der Waals surface area contributed by atoms with Gasteiger partial charge in [0.05, 0.1) is 0 Å². The van der Waals surface area contributed by atoms with Gasteiger partial charge in [0.2, 0.25) is 5.91 Å². The summed E-state index contributed by atoms with van der Waals surface area (Å²) >= 11 is 0. The number of benzene rings is 5. The largest absolute Gasteiger partial charge is 0.480 e. The Labute approximate surface area is 429 Å². The van der Waals surface area contributed by atoms with E-state index in [1.54, 1.807) is 45.0 Å². The summed E-state index contributed by atoms with van der Waals surface area (Å²) in [6, 6.07) is 35.8. The Balaban J connectivity index is 1.22. The zero-order valence-corrected chi connectivity index (χ0v) is 42.3. The first-order valence-electron chi connectivity index (χ1n) is 25.6. The van der Waals surface area contributed by atoms with E-state index in [2.05, 4.69) is 16.0 Å². The number of unbranched alkanes of at least 4 members (excludes halogenated alkanes) is 2. The molecule has 7 rings (SSSR count). The topological polar surface area (TPSA) is 193 Å². The predicted molar refractivity (Wildman–Crippen MR) is 287 cm³/mol. The minimum atomic E-state index is -1.95. The molecule has 14 heteroatoms. The molecule has 1 saturated carbocycles. The highest BCUT2D eigenvalue weighted by Crippen LogP contribution is 2.44. The summed E-state index contributed by atoms with van der Waals surface area (Å²) < 4.78 is 11.6. The zero-order valence-electron chi connectivity index (χ0n) is 42.3. The fraction of sp³-hybridized carbons (Fsp3) is 0.373. The number of carboxylic acids is 1. The summed E-state index contributed by atoms with van der Waals surface area (Å²) in [4.78, 5) is 73.8. The minimum absolute atomic E-state index is 0.0816. The van der Waals surface area contributed by atoms with Gasteiger partial charge in [0.15, 0.2) is 6.04 Å². The van der Waals surface area contributed by atoms with Gasteiger partial charge in [0.25, 0.3) is 0 Å². The van der Waals surface area contributed by atoms with Crippen molar-refractivity contribution in [1.29, 1.82) is 0 Å². The Morgan fingerprint density at radius 2 is 1.23 bits per heavy atom.